The molecule has 0 bridgehead atoms. The lowest BCUT2D eigenvalue weighted by molar-refractivity contribution is -0.122. The number of hydrogen-bond donors (Lipinski definition) is 2. The summed E-state index contributed by atoms with van der Waals surface area (Å²) >= 11 is 0. The molecule has 0 amide bonds. The van der Waals surface area contributed by atoms with Crippen LogP contribution in [0.5, 0.6) is 0 Å². The highest BCUT2D eigenvalue weighted by atomic mass is 16.3. The number of Topliss-reactive ketones (excluding diaryl/α,β-unsaturated/α-hetero) is 1. The van der Waals surface area contributed by atoms with E-state index in [1.165, 1.54) is 116 Å². The SMILES string of the molecule is CCCCCCCCCCCCCCCCCCCCC[C@@H](O)C[C@H](O)CCCC[C@H](C)C(=O)CC. The monoisotopic (exact) mass is 511 g/mol. The summed E-state index contributed by atoms with van der Waals surface area (Å²) in [5, 5.41) is 20.4. The fraction of sp³-hybridized carbons (Fsp3) is 0.970. The molecule has 0 spiro atoms. The van der Waals surface area contributed by atoms with Crippen LogP contribution in [0.2, 0.25) is 0 Å². The van der Waals surface area contributed by atoms with Crippen LogP contribution < -0.4 is 0 Å². The maximum absolute atomic E-state index is 11.6. The first kappa shape index (κ1) is 35.6. The van der Waals surface area contributed by atoms with Crippen LogP contribution in [0.3, 0.4) is 0 Å². The van der Waals surface area contributed by atoms with E-state index in [4.69, 9.17) is 0 Å². The van der Waals surface area contributed by atoms with Gasteiger partial charge in [-0.05, 0) is 25.7 Å². The molecule has 0 aliphatic heterocycles. The minimum Gasteiger partial charge on any atom is -0.393 e. The Labute approximate surface area is 226 Å². The average Bonchev–Trinajstić information content (AvgIpc) is 2.87. The molecule has 0 fully saturated rings. The summed E-state index contributed by atoms with van der Waals surface area (Å²) in [4.78, 5) is 11.6. The third kappa shape index (κ3) is 25.2. The Morgan fingerprint density at radius 1 is 0.500 bits per heavy atom. The maximum Gasteiger partial charge on any atom is 0.135 e. The van der Waals surface area contributed by atoms with Gasteiger partial charge in [0.2, 0.25) is 0 Å². The molecule has 0 rings (SSSR count). The predicted molar refractivity (Wildman–Crippen MR) is 158 cm³/mol. The summed E-state index contributed by atoms with van der Waals surface area (Å²) in [6.07, 6.45) is 31.0. The van der Waals surface area contributed by atoms with Gasteiger partial charge in [-0.3, -0.25) is 4.79 Å². The van der Waals surface area contributed by atoms with E-state index < -0.39 is 6.10 Å². The van der Waals surface area contributed by atoms with E-state index in [9.17, 15) is 15.0 Å². The van der Waals surface area contributed by atoms with Crippen molar-refractivity contribution in [2.75, 3.05) is 0 Å². The quantitative estimate of drug-likeness (QED) is 0.0984. The fourth-order valence-corrected chi connectivity index (χ4v) is 5.35. The Morgan fingerprint density at radius 2 is 0.806 bits per heavy atom. The summed E-state index contributed by atoms with van der Waals surface area (Å²) in [6.45, 7) is 6.22. The van der Waals surface area contributed by atoms with Crippen molar-refractivity contribution < 1.29 is 15.0 Å². The van der Waals surface area contributed by atoms with E-state index in [1.54, 1.807) is 0 Å². The van der Waals surface area contributed by atoms with Gasteiger partial charge in [-0.25, -0.2) is 0 Å². The van der Waals surface area contributed by atoms with Crippen LogP contribution in [0.15, 0.2) is 0 Å². The first-order valence-corrected chi connectivity index (χ1v) is 16.4. The van der Waals surface area contributed by atoms with E-state index >= 15 is 0 Å². The van der Waals surface area contributed by atoms with Gasteiger partial charge in [0.05, 0.1) is 12.2 Å². The average molecular weight is 511 g/mol. The van der Waals surface area contributed by atoms with Gasteiger partial charge >= 0.3 is 0 Å². The molecule has 0 aliphatic rings. The summed E-state index contributed by atoms with van der Waals surface area (Å²) in [6, 6.07) is 0. The minimum absolute atomic E-state index is 0.145. The number of aliphatic hydroxyl groups excluding tert-OH is 2. The van der Waals surface area contributed by atoms with Crippen LogP contribution >= 0.6 is 0 Å². The second-order valence-corrected chi connectivity index (χ2v) is 11.7. The van der Waals surface area contributed by atoms with Crippen molar-refractivity contribution in [3.05, 3.63) is 0 Å². The molecule has 0 aromatic rings. The zero-order chi connectivity index (χ0) is 26.7. The number of aliphatic hydroxyl groups is 2. The number of unbranched alkanes of at least 4 members (excludes halogenated alkanes) is 19. The highest BCUT2D eigenvalue weighted by Crippen LogP contribution is 2.18. The van der Waals surface area contributed by atoms with Gasteiger partial charge in [-0.15, -0.1) is 0 Å². The fourth-order valence-electron chi connectivity index (χ4n) is 5.35. The summed E-state index contributed by atoms with van der Waals surface area (Å²) < 4.78 is 0. The third-order valence-corrected chi connectivity index (χ3v) is 8.01. The van der Waals surface area contributed by atoms with E-state index in [2.05, 4.69) is 6.92 Å². The van der Waals surface area contributed by atoms with Gasteiger partial charge in [-0.2, -0.15) is 0 Å². The van der Waals surface area contributed by atoms with Gasteiger partial charge < -0.3 is 10.2 Å². The molecule has 0 heterocycles. The molecule has 2 N–H and O–H groups in total. The molecule has 0 radical (unpaired) electrons. The molecular weight excluding hydrogens is 444 g/mol. The van der Waals surface area contributed by atoms with Crippen LogP contribution in [-0.2, 0) is 4.79 Å². The number of ketones is 1. The van der Waals surface area contributed by atoms with Crippen molar-refractivity contribution in [3.63, 3.8) is 0 Å². The largest absolute Gasteiger partial charge is 0.393 e. The van der Waals surface area contributed by atoms with Crippen molar-refractivity contribution >= 4 is 5.78 Å². The molecule has 0 aromatic carbocycles. The van der Waals surface area contributed by atoms with Crippen molar-refractivity contribution in [1.29, 1.82) is 0 Å². The molecule has 3 heteroatoms. The highest BCUT2D eigenvalue weighted by molar-refractivity contribution is 5.80. The van der Waals surface area contributed by atoms with Crippen LogP contribution in [0.1, 0.15) is 188 Å². The van der Waals surface area contributed by atoms with Crippen LogP contribution in [0, 0.1) is 5.92 Å². The summed E-state index contributed by atoms with van der Waals surface area (Å²) in [5.41, 5.74) is 0. The van der Waals surface area contributed by atoms with Crippen molar-refractivity contribution in [1.82, 2.24) is 0 Å². The van der Waals surface area contributed by atoms with Crippen molar-refractivity contribution in [2.45, 2.75) is 200 Å². The van der Waals surface area contributed by atoms with Crippen molar-refractivity contribution in [3.8, 4) is 0 Å². The van der Waals surface area contributed by atoms with Gasteiger partial charge in [0.25, 0.3) is 0 Å². The molecule has 216 valence electrons. The molecule has 0 saturated carbocycles. The molecule has 0 saturated heterocycles. The Morgan fingerprint density at radius 3 is 1.17 bits per heavy atom. The summed E-state index contributed by atoms with van der Waals surface area (Å²) in [7, 11) is 0. The van der Waals surface area contributed by atoms with Crippen LogP contribution in [-0.4, -0.2) is 28.2 Å². The first-order valence-electron chi connectivity index (χ1n) is 16.4. The normalized spacial score (nSPS) is 14.1. The van der Waals surface area contributed by atoms with Crippen LogP contribution in [0.4, 0.5) is 0 Å². The number of rotatable bonds is 29. The molecular formula is C33H66O3. The molecule has 3 atom stereocenters. The highest BCUT2D eigenvalue weighted by Gasteiger charge is 2.13. The first-order chi connectivity index (χ1) is 17.5. The standard InChI is InChI=1S/C33H66O3/c1-4-6-7-8-9-10-11-12-13-14-15-16-17-18-19-20-21-22-23-27-31(34)29-32(35)28-25-24-26-30(3)33(36)5-2/h30-32,34-35H,4-29H2,1-3H3/t30-,31+,32+/m0/s1. The lowest BCUT2D eigenvalue weighted by Crippen LogP contribution is -2.17. The zero-order valence-electron chi connectivity index (χ0n) is 24.9. The van der Waals surface area contributed by atoms with Crippen LogP contribution in [0.25, 0.3) is 0 Å². The lowest BCUT2D eigenvalue weighted by atomic mass is 9.95. The van der Waals surface area contributed by atoms with Gasteiger partial charge in [0.1, 0.15) is 5.78 Å². The van der Waals surface area contributed by atoms with Crippen molar-refractivity contribution in [2.24, 2.45) is 5.92 Å². The number of hydrogen-bond acceptors (Lipinski definition) is 3. The Hall–Kier alpha value is -0.410. The third-order valence-electron chi connectivity index (χ3n) is 8.01. The Kier molecular flexibility index (Phi) is 27.3. The van der Waals surface area contributed by atoms with E-state index in [0.717, 1.165) is 38.5 Å². The van der Waals surface area contributed by atoms with E-state index in [0.29, 0.717) is 18.6 Å². The predicted octanol–water partition coefficient (Wildman–Crippen LogP) is 10.1. The van der Waals surface area contributed by atoms with Gasteiger partial charge in [-0.1, -0.05) is 156 Å². The Balaban J connectivity index is 3.31. The maximum atomic E-state index is 11.6. The zero-order valence-corrected chi connectivity index (χ0v) is 24.9. The number of carbonyl (C=O) groups is 1. The lowest BCUT2D eigenvalue weighted by Gasteiger charge is -2.16. The second kappa shape index (κ2) is 27.6. The second-order valence-electron chi connectivity index (χ2n) is 11.7. The molecule has 36 heavy (non-hydrogen) atoms. The summed E-state index contributed by atoms with van der Waals surface area (Å²) in [5.74, 6) is 0.484. The van der Waals surface area contributed by atoms with E-state index in [1.807, 2.05) is 13.8 Å². The Bertz CT molecular complexity index is 450. The van der Waals surface area contributed by atoms with E-state index in [-0.39, 0.29) is 12.0 Å². The topological polar surface area (TPSA) is 57.5 Å². The van der Waals surface area contributed by atoms with Gasteiger partial charge in [0, 0.05) is 12.3 Å². The minimum atomic E-state index is -0.405. The number of carbonyl (C=O) groups excluding carboxylic acids is 1. The molecule has 0 unspecified atom stereocenters. The van der Waals surface area contributed by atoms with Gasteiger partial charge in [0.15, 0.2) is 0 Å². The molecule has 0 aliphatic carbocycles. The smallest absolute Gasteiger partial charge is 0.135 e. The molecule has 0 aromatic heterocycles. The molecule has 3 nitrogen and oxygen atoms in total.